The minimum Gasteiger partial charge on any atom is -0.338 e. The molecule has 94 valence electrons. The van der Waals surface area contributed by atoms with E-state index >= 15 is 0 Å². The van der Waals surface area contributed by atoms with Gasteiger partial charge < -0.3 is 16.4 Å². The van der Waals surface area contributed by atoms with Crippen LogP contribution >= 0.6 is 0 Å². The molecule has 4 nitrogen and oxygen atoms in total. The lowest BCUT2D eigenvalue weighted by atomic mass is 9.79. The third-order valence-electron chi connectivity index (χ3n) is 3.43. The first-order valence-corrected chi connectivity index (χ1v) is 6.49. The predicted octanol–water partition coefficient (Wildman–Crippen LogP) is 1.46. The molecule has 2 amide bonds. The first kappa shape index (κ1) is 13.3. The van der Waals surface area contributed by atoms with Crippen LogP contribution in [0.25, 0.3) is 0 Å². The van der Waals surface area contributed by atoms with Crippen LogP contribution < -0.4 is 16.4 Å². The highest BCUT2D eigenvalue weighted by Gasteiger charge is 2.23. The second kappa shape index (κ2) is 7.49. The number of urea groups is 1. The summed E-state index contributed by atoms with van der Waals surface area (Å²) >= 11 is 0. The Bertz CT molecular complexity index is 208. The highest BCUT2D eigenvalue weighted by atomic mass is 16.2. The maximum atomic E-state index is 11.4. The normalized spacial score (nSPS) is 25.1. The lowest BCUT2D eigenvalue weighted by Gasteiger charge is -2.30. The number of carbonyl (C=O) groups is 1. The molecule has 0 aliphatic heterocycles. The van der Waals surface area contributed by atoms with Gasteiger partial charge in [0.1, 0.15) is 0 Å². The van der Waals surface area contributed by atoms with Crippen molar-refractivity contribution in [2.75, 3.05) is 19.6 Å². The number of amides is 2. The molecule has 2 atom stereocenters. The number of nitrogens with one attached hydrogen (secondary N) is 2. The second-order valence-electron chi connectivity index (χ2n) is 4.68. The summed E-state index contributed by atoms with van der Waals surface area (Å²) in [5.41, 5.74) is 5.75. The quantitative estimate of drug-likeness (QED) is 0.665. The van der Waals surface area contributed by atoms with Crippen molar-refractivity contribution in [3.05, 3.63) is 0 Å². The van der Waals surface area contributed by atoms with Crippen molar-refractivity contribution in [3.8, 4) is 0 Å². The van der Waals surface area contributed by atoms with Gasteiger partial charge in [0.25, 0.3) is 0 Å². The monoisotopic (exact) mass is 227 g/mol. The number of carbonyl (C=O) groups excluding carboxylic acids is 1. The van der Waals surface area contributed by atoms with Gasteiger partial charge in [0.15, 0.2) is 0 Å². The zero-order valence-electron chi connectivity index (χ0n) is 10.3. The molecule has 0 spiro atoms. The van der Waals surface area contributed by atoms with Crippen LogP contribution in [0.5, 0.6) is 0 Å². The molecule has 0 aromatic heterocycles. The molecule has 16 heavy (non-hydrogen) atoms. The van der Waals surface area contributed by atoms with Crippen molar-refractivity contribution in [2.24, 2.45) is 17.6 Å². The van der Waals surface area contributed by atoms with E-state index in [1.807, 2.05) is 6.92 Å². The SMILES string of the molecule is CCCNC(=O)NCC1CCCCC1CN. The summed E-state index contributed by atoms with van der Waals surface area (Å²) in [5.74, 6) is 1.17. The summed E-state index contributed by atoms with van der Waals surface area (Å²) in [6, 6.07) is -0.0387. The highest BCUT2D eigenvalue weighted by molar-refractivity contribution is 5.73. The Labute approximate surface area is 98.3 Å². The fraction of sp³-hybridized carbons (Fsp3) is 0.917. The number of hydrogen-bond donors (Lipinski definition) is 3. The van der Waals surface area contributed by atoms with Gasteiger partial charge in [-0.1, -0.05) is 19.8 Å². The van der Waals surface area contributed by atoms with Crippen LogP contribution in [0.2, 0.25) is 0 Å². The Morgan fingerprint density at radius 3 is 2.56 bits per heavy atom. The van der Waals surface area contributed by atoms with Crippen molar-refractivity contribution in [1.82, 2.24) is 10.6 Å². The predicted molar refractivity (Wildman–Crippen MR) is 66.2 cm³/mol. The Hall–Kier alpha value is -0.770. The molecule has 0 heterocycles. The van der Waals surface area contributed by atoms with Gasteiger partial charge in [-0.3, -0.25) is 0 Å². The lowest BCUT2D eigenvalue weighted by molar-refractivity contribution is 0.219. The molecule has 0 aromatic rings. The summed E-state index contributed by atoms with van der Waals surface area (Å²) in [6.07, 6.45) is 5.97. The van der Waals surface area contributed by atoms with Crippen LogP contribution in [0, 0.1) is 11.8 Å². The molecule has 0 radical (unpaired) electrons. The van der Waals surface area contributed by atoms with Crippen LogP contribution in [0.1, 0.15) is 39.0 Å². The minimum atomic E-state index is -0.0387. The van der Waals surface area contributed by atoms with Gasteiger partial charge in [-0.05, 0) is 37.6 Å². The number of hydrogen-bond acceptors (Lipinski definition) is 2. The van der Waals surface area contributed by atoms with Crippen LogP contribution in [0.15, 0.2) is 0 Å². The van der Waals surface area contributed by atoms with Crippen molar-refractivity contribution in [1.29, 1.82) is 0 Å². The Balaban J connectivity index is 2.21. The fourth-order valence-electron chi connectivity index (χ4n) is 2.39. The van der Waals surface area contributed by atoms with Crippen molar-refractivity contribution in [2.45, 2.75) is 39.0 Å². The molecule has 2 unspecified atom stereocenters. The van der Waals surface area contributed by atoms with Crippen LogP contribution in [-0.2, 0) is 0 Å². The van der Waals surface area contributed by atoms with Crippen molar-refractivity contribution >= 4 is 6.03 Å². The Morgan fingerprint density at radius 2 is 1.94 bits per heavy atom. The Morgan fingerprint density at radius 1 is 1.25 bits per heavy atom. The fourth-order valence-corrected chi connectivity index (χ4v) is 2.39. The summed E-state index contributed by atoms with van der Waals surface area (Å²) in [4.78, 5) is 11.4. The second-order valence-corrected chi connectivity index (χ2v) is 4.68. The maximum Gasteiger partial charge on any atom is 0.314 e. The van der Waals surface area contributed by atoms with E-state index in [1.54, 1.807) is 0 Å². The molecule has 0 saturated heterocycles. The summed E-state index contributed by atoms with van der Waals surface area (Å²) in [5, 5.41) is 5.77. The number of nitrogens with two attached hydrogens (primary N) is 1. The standard InChI is InChI=1S/C12H25N3O/c1-2-7-14-12(16)15-9-11-6-4-3-5-10(11)8-13/h10-11H,2-9,13H2,1H3,(H2,14,15,16). The zero-order chi connectivity index (χ0) is 11.8. The van der Waals surface area contributed by atoms with E-state index in [0.717, 1.165) is 26.1 Å². The van der Waals surface area contributed by atoms with E-state index in [0.29, 0.717) is 11.8 Å². The molecule has 0 aromatic carbocycles. The molecule has 1 aliphatic rings. The largest absolute Gasteiger partial charge is 0.338 e. The maximum absolute atomic E-state index is 11.4. The molecule has 4 heteroatoms. The Kier molecular flexibility index (Phi) is 6.23. The third kappa shape index (κ3) is 4.39. The topological polar surface area (TPSA) is 67.2 Å². The van der Waals surface area contributed by atoms with Gasteiger partial charge in [-0.25, -0.2) is 4.79 Å². The molecule has 1 saturated carbocycles. The summed E-state index contributed by atoms with van der Waals surface area (Å²) in [6.45, 7) is 4.32. The van der Waals surface area contributed by atoms with E-state index in [9.17, 15) is 4.79 Å². The van der Waals surface area contributed by atoms with E-state index in [2.05, 4.69) is 10.6 Å². The van der Waals surface area contributed by atoms with E-state index in [4.69, 9.17) is 5.73 Å². The van der Waals surface area contributed by atoms with Crippen LogP contribution in [0.3, 0.4) is 0 Å². The van der Waals surface area contributed by atoms with E-state index in [-0.39, 0.29) is 6.03 Å². The molecular weight excluding hydrogens is 202 g/mol. The molecule has 1 rings (SSSR count). The average Bonchev–Trinajstić information content (AvgIpc) is 2.34. The van der Waals surface area contributed by atoms with Gasteiger partial charge in [-0.15, -0.1) is 0 Å². The van der Waals surface area contributed by atoms with Crippen molar-refractivity contribution < 1.29 is 4.79 Å². The van der Waals surface area contributed by atoms with Gasteiger partial charge in [0, 0.05) is 13.1 Å². The van der Waals surface area contributed by atoms with Gasteiger partial charge in [-0.2, -0.15) is 0 Å². The summed E-state index contributed by atoms with van der Waals surface area (Å²) < 4.78 is 0. The van der Waals surface area contributed by atoms with E-state index < -0.39 is 0 Å². The van der Waals surface area contributed by atoms with Gasteiger partial charge >= 0.3 is 6.03 Å². The molecular formula is C12H25N3O. The molecule has 1 fully saturated rings. The van der Waals surface area contributed by atoms with Gasteiger partial charge in [0.05, 0.1) is 0 Å². The lowest BCUT2D eigenvalue weighted by Crippen LogP contribution is -2.41. The molecule has 1 aliphatic carbocycles. The first-order chi connectivity index (χ1) is 7.77. The van der Waals surface area contributed by atoms with Crippen LogP contribution in [0.4, 0.5) is 4.79 Å². The summed E-state index contributed by atoms with van der Waals surface area (Å²) in [7, 11) is 0. The smallest absolute Gasteiger partial charge is 0.314 e. The molecule has 0 bridgehead atoms. The number of rotatable bonds is 5. The van der Waals surface area contributed by atoms with Gasteiger partial charge in [0.2, 0.25) is 0 Å². The minimum absolute atomic E-state index is 0.0387. The highest BCUT2D eigenvalue weighted by Crippen LogP contribution is 2.28. The van der Waals surface area contributed by atoms with Crippen LogP contribution in [-0.4, -0.2) is 25.7 Å². The first-order valence-electron chi connectivity index (χ1n) is 6.49. The zero-order valence-corrected chi connectivity index (χ0v) is 10.3. The molecule has 4 N–H and O–H groups in total. The van der Waals surface area contributed by atoms with E-state index in [1.165, 1.54) is 25.7 Å². The average molecular weight is 227 g/mol. The van der Waals surface area contributed by atoms with Crippen molar-refractivity contribution in [3.63, 3.8) is 0 Å². The third-order valence-corrected chi connectivity index (χ3v) is 3.43.